The number of carbonyl (C=O) groups is 1. The molecule has 15 heavy (non-hydrogen) atoms. The minimum atomic E-state index is -0.162. The van der Waals surface area contributed by atoms with Gasteiger partial charge in [-0.25, -0.2) is 0 Å². The van der Waals surface area contributed by atoms with E-state index < -0.39 is 0 Å². The van der Waals surface area contributed by atoms with Crippen molar-refractivity contribution in [3.8, 4) is 0 Å². The number of rotatable bonds is 4. The summed E-state index contributed by atoms with van der Waals surface area (Å²) in [6.45, 7) is 9.72. The van der Waals surface area contributed by atoms with Crippen LogP contribution in [0.2, 0.25) is 0 Å². The lowest BCUT2D eigenvalue weighted by Gasteiger charge is -2.20. The van der Waals surface area contributed by atoms with Crippen LogP contribution in [0.3, 0.4) is 0 Å². The number of hydrogen-bond donors (Lipinski definition) is 1. The van der Waals surface area contributed by atoms with E-state index in [9.17, 15) is 4.79 Å². The number of carbonyl (C=O) groups excluding carboxylic acids is 1. The first-order valence-electron chi connectivity index (χ1n) is 5.29. The maximum absolute atomic E-state index is 12.0. The lowest BCUT2D eigenvalue weighted by Crippen LogP contribution is -2.38. The molecule has 1 heterocycles. The minimum Gasteiger partial charge on any atom is -0.350 e. The molecule has 0 aromatic carbocycles. The molecule has 0 bridgehead atoms. The second-order valence-corrected chi connectivity index (χ2v) is 4.38. The standard InChI is InChI=1S/C11H18N2OS/c1-5-7(3)9-10(14)13(8(4)6-2)11(15)12-9/h6-9H,2,5H2,1,3-4H3,(H,12,15). The summed E-state index contributed by atoms with van der Waals surface area (Å²) >= 11 is 5.15. The Morgan fingerprint density at radius 2 is 2.27 bits per heavy atom. The molecule has 0 saturated carbocycles. The molecule has 3 atom stereocenters. The van der Waals surface area contributed by atoms with E-state index in [1.807, 2.05) is 6.92 Å². The molecule has 0 aromatic rings. The molecule has 3 unspecified atom stereocenters. The van der Waals surface area contributed by atoms with Crippen molar-refractivity contribution in [1.82, 2.24) is 10.2 Å². The van der Waals surface area contributed by atoms with E-state index in [0.29, 0.717) is 11.0 Å². The summed E-state index contributed by atoms with van der Waals surface area (Å²) in [6, 6.07) is -0.198. The molecular weight excluding hydrogens is 208 g/mol. The van der Waals surface area contributed by atoms with Gasteiger partial charge in [-0.05, 0) is 25.1 Å². The first kappa shape index (κ1) is 12.2. The van der Waals surface area contributed by atoms with Crippen LogP contribution in [0.15, 0.2) is 12.7 Å². The summed E-state index contributed by atoms with van der Waals surface area (Å²) < 4.78 is 0. The van der Waals surface area contributed by atoms with Crippen molar-refractivity contribution in [1.29, 1.82) is 0 Å². The summed E-state index contributed by atoms with van der Waals surface area (Å²) in [5.41, 5.74) is 0. The van der Waals surface area contributed by atoms with Crippen molar-refractivity contribution >= 4 is 23.2 Å². The monoisotopic (exact) mass is 226 g/mol. The summed E-state index contributed by atoms with van der Waals surface area (Å²) in [5.74, 6) is 0.374. The fourth-order valence-corrected chi connectivity index (χ4v) is 2.01. The van der Waals surface area contributed by atoms with Gasteiger partial charge in [0.25, 0.3) is 5.91 Å². The molecular formula is C11H18N2OS. The summed E-state index contributed by atoms with van der Waals surface area (Å²) in [4.78, 5) is 13.7. The number of nitrogens with zero attached hydrogens (tertiary/aromatic N) is 1. The maximum atomic E-state index is 12.0. The van der Waals surface area contributed by atoms with Crippen LogP contribution in [0.5, 0.6) is 0 Å². The Morgan fingerprint density at radius 3 is 2.73 bits per heavy atom. The van der Waals surface area contributed by atoms with Gasteiger partial charge in [-0.2, -0.15) is 0 Å². The minimum absolute atomic E-state index is 0.0356. The fraction of sp³-hybridized carbons (Fsp3) is 0.636. The molecule has 1 fully saturated rings. The first-order valence-corrected chi connectivity index (χ1v) is 5.69. The molecule has 1 rings (SSSR count). The van der Waals surface area contributed by atoms with E-state index in [1.165, 1.54) is 0 Å². The molecule has 84 valence electrons. The van der Waals surface area contributed by atoms with E-state index in [2.05, 4.69) is 25.7 Å². The van der Waals surface area contributed by atoms with Gasteiger partial charge < -0.3 is 5.32 Å². The van der Waals surface area contributed by atoms with Gasteiger partial charge in [0.1, 0.15) is 6.04 Å². The average Bonchev–Trinajstić information content (AvgIpc) is 2.52. The second kappa shape index (κ2) is 4.75. The normalized spacial score (nSPS) is 25.0. The fourth-order valence-electron chi connectivity index (χ4n) is 1.63. The highest BCUT2D eigenvalue weighted by Gasteiger charge is 2.39. The third-order valence-corrected chi connectivity index (χ3v) is 3.28. The maximum Gasteiger partial charge on any atom is 0.252 e. The van der Waals surface area contributed by atoms with Crippen molar-refractivity contribution in [2.75, 3.05) is 0 Å². The van der Waals surface area contributed by atoms with Crippen LogP contribution < -0.4 is 5.32 Å². The van der Waals surface area contributed by atoms with Crippen LogP contribution in [-0.2, 0) is 4.79 Å². The van der Waals surface area contributed by atoms with Crippen molar-refractivity contribution in [2.24, 2.45) is 5.92 Å². The Balaban J connectivity index is 2.83. The van der Waals surface area contributed by atoms with Crippen LogP contribution in [0.4, 0.5) is 0 Å². The van der Waals surface area contributed by atoms with Gasteiger partial charge in [0.15, 0.2) is 5.11 Å². The Morgan fingerprint density at radius 1 is 1.67 bits per heavy atom. The van der Waals surface area contributed by atoms with Gasteiger partial charge in [0.05, 0.1) is 6.04 Å². The van der Waals surface area contributed by atoms with E-state index in [1.54, 1.807) is 11.0 Å². The Bertz CT molecular complexity index is 290. The van der Waals surface area contributed by atoms with Crippen molar-refractivity contribution in [3.05, 3.63) is 12.7 Å². The molecule has 0 aliphatic carbocycles. The molecule has 1 amide bonds. The lowest BCUT2D eigenvalue weighted by molar-refractivity contribution is -0.128. The van der Waals surface area contributed by atoms with Gasteiger partial charge in [-0.15, -0.1) is 6.58 Å². The van der Waals surface area contributed by atoms with Gasteiger partial charge in [-0.1, -0.05) is 26.3 Å². The van der Waals surface area contributed by atoms with E-state index in [-0.39, 0.29) is 18.0 Å². The average molecular weight is 226 g/mol. The lowest BCUT2D eigenvalue weighted by atomic mass is 9.99. The molecule has 1 saturated heterocycles. The predicted molar refractivity (Wildman–Crippen MR) is 65.5 cm³/mol. The third-order valence-electron chi connectivity index (χ3n) is 2.96. The molecule has 1 aliphatic heterocycles. The second-order valence-electron chi connectivity index (χ2n) is 4.00. The van der Waals surface area contributed by atoms with Crippen molar-refractivity contribution in [3.63, 3.8) is 0 Å². The number of amides is 1. The summed E-state index contributed by atoms with van der Waals surface area (Å²) in [7, 11) is 0. The first-order chi connectivity index (χ1) is 7.02. The molecule has 0 spiro atoms. The largest absolute Gasteiger partial charge is 0.350 e. The zero-order valence-electron chi connectivity index (χ0n) is 9.49. The van der Waals surface area contributed by atoms with Gasteiger partial charge in [-0.3, -0.25) is 9.69 Å². The Hall–Kier alpha value is -0.900. The topological polar surface area (TPSA) is 32.3 Å². The molecule has 3 nitrogen and oxygen atoms in total. The highest BCUT2D eigenvalue weighted by molar-refractivity contribution is 7.80. The molecule has 4 heteroatoms. The van der Waals surface area contributed by atoms with Gasteiger partial charge in [0.2, 0.25) is 0 Å². The van der Waals surface area contributed by atoms with Crippen LogP contribution >= 0.6 is 12.2 Å². The summed E-state index contributed by atoms with van der Waals surface area (Å²) in [5, 5.41) is 3.61. The quantitative estimate of drug-likeness (QED) is 0.585. The number of thiocarbonyl (C=S) groups is 1. The Labute approximate surface area is 96.5 Å². The zero-order valence-corrected chi connectivity index (χ0v) is 10.3. The van der Waals surface area contributed by atoms with E-state index in [4.69, 9.17) is 12.2 Å². The highest BCUT2D eigenvalue weighted by Crippen LogP contribution is 2.19. The predicted octanol–water partition coefficient (Wildman–Crippen LogP) is 1.69. The molecule has 1 aliphatic rings. The van der Waals surface area contributed by atoms with E-state index >= 15 is 0 Å². The van der Waals surface area contributed by atoms with Crippen molar-refractivity contribution in [2.45, 2.75) is 39.3 Å². The zero-order chi connectivity index (χ0) is 11.6. The Kier molecular flexibility index (Phi) is 3.85. The third kappa shape index (κ3) is 2.20. The smallest absolute Gasteiger partial charge is 0.252 e. The summed E-state index contributed by atoms with van der Waals surface area (Å²) in [6.07, 6.45) is 2.69. The highest BCUT2D eigenvalue weighted by atomic mass is 32.1. The SMILES string of the molecule is C=CC(C)N1C(=O)C(C(C)CC)NC1=S. The van der Waals surface area contributed by atoms with Gasteiger partial charge >= 0.3 is 0 Å². The van der Waals surface area contributed by atoms with Gasteiger partial charge in [0, 0.05) is 0 Å². The van der Waals surface area contributed by atoms with Crippen LogP contribution in [0, 0.1) is 5.92 Å². The molecule has 1 N–H and O–H groups in total. The van der Waals surface area contributed by atoms with Crippen LogP contribution in [-0.4, -0.2) is 28.0 Å². The number of nitrogens with one attached hydrogen (secondary N) is 1. The van der Waals surface area contributed by atoms with Crippen molar-refractivity contribution < 1.29 is 4.79 Å². The van der Waals surface area contributed by atoms with Crippen LogP contribution in [0.1, 0.15) is 27.2 Å². The van der Waals surface area contributed by atoms with Crippen LogP contribution in [0.25, 0.3) is 0 Å². The molecule has 0 aromatic heterocycles. The molecule has 0 radical (unpaired) electrons. The van der Waals surface area contributed by atoms with E-state index in [0.717, 1.165) is 6.42 Å². The number of hydrogen-bond acceptors (Lipinski definition) is 2.